The highest BCUT2D eigenvalue weighted by molar-refractivity contribution is 8.22. The summed E-state index contributed by atoms with van der Waals surface area (Å²) >= 11 is 0. The number of hydrogen-bond acceptors (Lipinski definition) is 3. The Hall–Kier alpha value is -0.520. The van der Waals surface area contributed by atoms with Gasteiger partial charge in [0.1, 0.15) is 6.33 Å². The Morgan fingerprint density at radius 2 is 2.22 bits per heavy atom. The maximum absolute atomic E-state index is 8.94. The molecule has 52 valence electrons. The van der Waals surface area contributed by atoms with Crippen LogP contribution in [0.4, 0.5) is 0 Å². The molecular formula is C4H8N2O2S. The highest BCUT2D eigenvalue weighted by atomic mass is 32.3. The summed E-state index contributed by atoms with van der Waals surface area (Å²) in [7, 11) is -2.61. The predicted molar refractivity (Wildman–Crippen MR) is 36.4 cm³/mol. The van der Waals surface area contributed by atoms with E-state index in [1.165, 1.54) is 28.9 Å². The molecule has 0 fully saturated rings. The highest BCUT2D eigenvalue weighted by Crippen LogP contribution is 2.34. The van der Waals surface area contributed by atoms with Gasteiger partial charge in [0.25, 0.3) is 0 Å². The fraction of sp³-hybridized carbons (Fsp3) is 0.250. The van der Waals surface area contributed by atoms with Gasteiger partial charge in [-0.25, -0.2) is 8.96 Å². The first-order chi connectivity index (χ1) is 4.11. The molecule has 0 aromatic carbocycles. The fourth-order valence-corrected chi connectivity index (χ4v) is 0.970. The topological polar surface area (TPSA) is 58.3 Å². The zero-order chi connectivity index (χ0) is 6.91. The van der Waals surface area contributed by atoms with Gasteiger partial charge in [0, 0.05) is 18.6 Å². The molecule has 0 aliphatic heterocycles. The molecule has 9 heavy (non-hydrogen) atoms. The number of rotatable bonds is 1. The number of imidazole rings is 1. The molecule has 0 aliphatic rings. The molecule has 0 saturated carbocycles. The standard InChI is InChI=1S/C4H8N2O2S/c1-9(7,8)6-3-2-5-4-6/h2-4,7-8H,1H3. The van der Waals surface area contributed by atoms with E-state index >= 15 is 0 Å². The lowest BCUT2D eigenvalue weighted by Gasteiger charge is -2.27. The van der Waals surface area contributed by atoms with Crippen molar-refractivity contribution in [3.8, 4) is 0 Å². The maximum atomic E-state index is 8.94. The molecule has 1 aromatic rings. The molecule has 0 radical (unpaired) electrons. The van der Waals surface area contributed by atoms with Crippen molar-refractivity contribution in [1.29, 1.82) is 0 Å². The molecule has 2 N–H and O–H groups in total. The minimum Gasteiger partial charge on any atom is -0.282 e. The van der Waals surface area contributed by atoms with Gasteiger partial charge in [0.05, 0.1) is 0 Å². The average Bonchev–Trinajstić information content (AvgIpc) is 2.08. The van der Waals surface area contributed by atoms with Gasteiger partial charge in [-0.1, -0.05) is 0 Å². The first kappa shape index (κ1) is 6.60. The lowest BCUT2D eigenvalue weighted by molar-refractivity contribution is 0.483. The molecule has 5 heteroatoms. The summed E-state index contributed by atoms with van der Waals surface area (Å²) in [6.45, 7) is 0. The van der Waals surface area contributed by atoms with Crippen molar-refractivity contribution < 1.29 is 9.11 Å². The van der Waals surface area contributed by atoms with E-state index in [0.29, 0.717) is 0 Å². The summed E-state index contributed by atoms with van der Waals surface area (Å²) in [5, 5.41) is 0. The third-order valence-corrected chi connectivity index (χ3v) is 1.89. The van der Waals surface area contributed by atoms with Crippen molar-refractivity contribution >= 4 is 10.8 Å². The molecule has 0 atom stereocenters. The lowest BCUT2D eigenvalue weighted by atomic mass is 11.0. The highest BCUT2D eigenvalue weighted by Gasteiger charge is 2.02. The molecule has 1 heterocycles. The quantitative estimate of drug-likeness (QED) is 0.625. The van der Waals surface area contributed by atoms with E-state index in [1.54, 1.807) is 0 Å². The molecule has 0 spiro atoms. The first-order valence-electron chi connectivity index (χ1n) is 2.32. The second-order valence-corrected chi connectivity index (χ2v) is 3.72. The smallest absolute Gasteiger partial charge is 0.114 e. The Kier molecular flexibility index (Phi) is 1.48. The van der Waals surface area contributed by atoms with Crippen LogP contribution in [0.25, 0.3) is 0 Å². The van der Waals surface area contributed by atoms with Crippen LogP contribution in [0.3, 0.4) is 0 Å². The van der Waals surface area contributed by atoms with Crippen LogP contribution < -0.4 is 0 Å². The molecule has 0 aliphatic carbocycles. The lowest BCUT2D eigenvalue weighted by Crippen LogP contribution is -2.03. The van der Waals surface area contributed by atoms with E-state index in [1.807, 2.05) is 0 Å². The van der Waals surface area contributed by atoms with E-state index in [2.05, 4.69) is 4.98 Å². The normalized spacial score (nSPS) is 13.7. The fourth-order valence-electron chi connectivity index (χ4n) is 0.451. The van der Waals surface area contributed by atoms with E-state index < -0.39 is 10.8 Å². The van der Waals surface area contributed by atoms with E-state index in [0.717, 1.165) is 0 Å². The van der Waals surface area contributed by atoms with Crippen molar-refractivity contribution in [2.75, 3.05) is 6.26 Å². The van der Waals surface area contributed by atoms with Gasteiger partial charge in [0.2, 0.25) is 0 Å². The Labute approximate surface area is 54.6 Å². The molecular weight excluding hydrogens is 140 g/mol. The first-order valence-corrected chi connectivity index (χ1v) is 4.23. The number of nitrogens with zero attached hydrogens (tertiary/aromatic N) is 2. The van der Waals surface area contributed by atoms with Crippen LogP contribution in [0.2, 0.25) is 0 Å². The molecule has 0 amide bonds. The minimum absolute atomic E-state index is 1.27. The third-order valence-electron chi connectivity index (χ3n) is 0.880. The minimum atomic E-state index is -2.61. The summed E-state index contributed by atoms with van der Waals surface area (Å²) in [4.78, 5) is 3.65. The molecule has 1 aromatic heterocycles. The SMILES string of the molecule is CS(O)(O)n1ccnc1. The molecule has 1 rings (SSSR count). The summed E-state index contributed by atoms with van der Waals surface area (Å²) < 4.78 is 19.2. The van der Waals surface area contributed by atoms with E-state index in [9.17, 15) is 0 Å². The van der Waals surface area contributed by atoms with Crippen LogP contribution in [0.5, 0.6) is 0 Å². The second-order valence-electron chi connectivity index (χ2n) is 1.72. The van der Waals surface area contributed by atoms with E-state index in [-0.39, 0.29) is 0 Å². The van der Waals surface area contributed by atoms with Gasteiger partial charge in [-0.15, -0.1) is 10.8 Å². The van der Waals surface area contributed by atoms with Crippen LogP contribution in [0.1, 0.15) is 0 Å². The summed E-state index contributed by atoms with van der Waals surface area (Å²) in [6, 6.07) is 0. The molecule has 4 nitrogen and oxygen atoms in total. The van der Waals surface area contributed by atoms with Crippen LogP contribution in [-0.4, -0.2) is 24.3 Å². The molecule has 0 saturated heterocycles. The van der Waals surface area contributed by atoms with Gasteiger partial charge in [-0.3, -0.25) is 9.11 Å². The van der Waals surface area contributed by atoms with Crippen molar-refractivity contribution in [3.63, 3.8) is 0 Å². The average molecular weight is 148 g/mol. The largest absolute Gasteiger partial charge is 0.282 e. The Balaban J connectivity index is 2.90. The zero-order valence-electron chi connectivity index (χ0n) is 4.93. The zero-order valence-corrected chi connectivity index (χ0v) is 5.75. The van der Waals surface area contributed by atoms with Gasteiger partial charge in [-0.05, 0) is 0 Å². The summed E-state index contributed by atoms with van der Waals surface area (Å²) in [5.74, 6) is 0. The van der Waals surface area contributed by atoms with Crippen molar-refractivity contribution in [3.05, 3.63) is 18.7 Å². The number of aromatic nitrogens is 2. The van der Waals surface area contributed by atoms with Gasteiger partial charge in [0.15, 0.2) is 0 Å². The van der Waals surface area contributed by atoms with Crippen LogP contribution in [0, 0.1) is 0 Å². The van der Waals surface area contributed by atoms with Gasteiger partial charge < -0.3 is 0 Å². The Bertz CT molecular complexity index is 179. The maximum Gasteiger partial charge on any atom is 0.114 e. The third kappa shape index (κ3) is 1.44. The van der Waals surface area contributed by atoms with Gasteiger partial charge in [-0.2, -0.15) is 0 Å². The number of hydrogen-bond donors (Lipinski definition) is 2. The van der Waals surface area contributed by atoms with Crippen LogP contribution >= 0.6 is 10.8 Å². The van der Waals surface area contributed by atoms with Crippen molar-refractivity contribution in [2.45, 2.75) is 0 Å². The predicted octanol–water partition coefficient (Wildman–Crippen LogP) is 1.03. The Morgan fingerprint density at radius 1 is 1.56 bits per heavy atom. The monoisotopic (exact) mass is 148 g/mol. The van der Waals surface area contributed by atoms with Crippen LogP contribution in [0.15, 0.2) is 18.7 Å². The van der Waals surface area contributed by atoms with Crippen LogP contribution in [-0.2, 0) is 0 Å². The molecule has 0 unspecified atom stereocenters. The van der Waals surface area contributed by atoms with E-state index in [4.69, 9.17) is 9.11 Å². The van der Waals surface area contributed by atoms with Crippen molar-refractivity contribution in [1.82, 2.24) is 8.96 Å². The van der Waals surface area contributed by atoms with Crippen molar-refractivity contribution in [2.24, 2.45) is 0 Å². The Morgan fingerprint density at radius 3 is 2.44 bits per heavy atom. The second kappa shape index (κ2) is 2.02. The molecule has 0 bridgehead atoms. The summed E-state index contributed by atoms with van der Waals surface area (Å²) in [5.41, 5.74) is 0. The van der Waals surface area contributed by atoms with Gasteiger partial charge >= 0.3 is 0 Å². The summed E-state index contributed by atoms with van der Waals surface area (Å²) in [6.07, 6.45) is 5.72.